The highest BCUT2D eigenvalue weighted by atomic mass is 16.5. The van der Waals surface area contributed by atoms with Gasteiger partial charge in [0.25, 0.3) is 0 Å². The molecule has 3 heteroatoms. The second-order valence-corrected chi connectivity index (χ2v) is 5.04. The van der Waals surface area contributed by atoms with Gasteiger partial charge in [-0.15, -0.1) is 0 Å². The molecule has 0 spiro atoms. The Morgan fingerprint density at radius 3 is 2.67 bits per heavy atom. The summed E-state index contributed by atoms with van der Waals surface area (Å²) in [6, 6.07) is 10.6. The number of nitrogens with one attached hydrogen (secondary N) is 1. The summed E-state index contributed by atoms with van der Waals surface area (Å²) in [4.78, 5) is 0. The average Bonchev–Trinajstić information content (AvgIpc) is 2.42. The third-order valence-electron chi connectivity index (χ3n) is 3.74. The summed E-state index contributed by atoms with van der Waals surface area (Å²) in [7, 11) is 1.69. The number of anilines is 1. The number of rotatable bonds is 3. The fourth-order valence-electron chi connectivity index (χ4n) is 2.65. The quantitative estimate of drug-likeness (QED) is 0.887. The van der Waals surface area contributed by atoms with Gasteiger partial charge in [-0.3, -0.25) is 0 Å². The first kappa shape index (κ1) is 12.9. The fraction of sp³-hybridized carbons (Fsp3) is 0.533. The van der Waals surface area contributed by atoms with Gasteiger partial charge in [0.05, 0.1) is 12.2 Å². The average molecular weight is 244 g/mol. The zero-order valence-electron chi connectivity index (χ0n) is 11.1. The normalized spacial score (nSPS) is 27.5. The molecule has 2 atom stereocenters. The fourth-order valence-corrected chi connectivity index (χ4v) is 2.65. The molecule has 1 aromatic rings. The SMILES string of the molecule is COC1CCCCC1(C#N)Nc1ccc(C)cc1. The largest absolute Gasteiger partial charge is 0.378 e. The van der Waals surface area contributed by atoms with Crippen molar-refractivity contribution in [1.82, 2.24) is 0 Å². The van der Waals surface area contributed by atoms with Gasteiger partial charge in [-0.05, 0) is 38.3 Å². The molecule has 96 valence electrons. The Labute approximate surface area is 109 Å². The lowest BCUT2D eigenvalue weighted by Crippen LogP contribution is -2.51. The van der Waals surface area contributed by atoms with Gasteiger partial charge in [-0.1, -0.05) is 24.1 Å². The number of hydrogen-bond donors (Lipinski definition) is 1. The van der Waals surface area contributed by atoms with Crippen LogP contribution in [0.1, 0.15) is 31.2 Å². The lowest BCUT2D eigenvalue weighted by atomic mass is 9.80. The number of nitrogens with zero attached hydrogens (tertiary/aromatic N) is 1. The third kappa shape index (κ3) is 2.49. The van der Waals surface area contributed by atoms with Crippen LogP contribution in [0.4, 0.5) is 5.69 Å². The third-order valence-corrected chi connectivity index (χ3v) is 3.74. The number of benzene rings is 1. The minimum absolute atomic E-state index is 0.0300. The van der Waals surface area contributed by atoms with Gasteiger partial charge in [0, 0.05) is 12.8 Å². The number of methoxy groups -OCH3 is 1. The number of nitriles is 1. The van der Waals surface area contributed by atoms with Crippen LogP contribution >= 0.6 is 0 Å². The van der Waals surface area contributed by atoms with E-state index < -0.39 is 5.54 Å². The van der Waals surface area contributed by atoms with Gasteiger partial charge in [0.2, 0.25) is 0 Å². The predicted molar refractivity (Wildman–Crippen MR) is 72.4 cm³/mol. The van der Waals surface area contributed by atoms with Crippen LogP contribution in [0.2, 0.25) is 0 Å². The van der Waals surface area contributed by atoms with E-state index in [-0.39, 0.29) is 6.10 Å². The Morgan fingerprint density at radius 1 is 1.33 bits per heavy atom. The number of aryl methyl sites for hydroxylation is 1. The summed E-state index contributed by atoms with van der Waals surface area (Å²) >= 11 is 0. The highest BCUT2D eigenvalue weighted by Gasteiger charge is 2.41. The highest BCUT2D eigenvalue weighted by molar-refractivity contribution is 5.49. The molecule has 2 rings (SSSR count). The molecular weight excluding hydrogens is 224 g/mol. The molecule has 3 nitrogen and oxygen atoms in total. The molecule has 0 aliphatic heterocycles. The smallest absolute Gasteiger partial charge is 0.151 e. The first-order valence-electron chi connectivity index (χ1n) is 6.49. The van der Waals surface area contributed by atoms with Gasteiger partial charge < -0.3 is 10.1 Å². The van der Waals surface area contributed by atoms with Crippen LogP contribution in [0, 0.1) is 18.3 Å². The lowest BCUT2D eigenvalue weighted by Gasteiger charge is -2.39. The van der Waals surface area contributed by atoms with Crippen molar-refractivity contribution in [3.8, 4) is 6.07 Å². The summed E-state index contributed by atoms with van der Waals surface area (Å²) in [6.45, 7) is 2.06. The summed E-state index contributed by atoms with van der Waals surface area (Å²) in [6.07, 6.45) is 3.97. The van der Waals surface area contributed by atoms with Crippen LogP contribution in [-0.4, -0.2) is 18.8 Å². The molecule has 1 aliphatic carbocycles. The zero-order valence-corrected chi connectivity index (χ0v) is 11.1. The molecule has 0 bridgehead atoms. The zero-order chi connectivity index (χ0) is 13.0. The number of ether oxygens (including phenoxy) is 1. The Hall–Kier alpha value is -1.53. The Balaban J connectivity index is 2.21. The van der Waals surface area contributed by atoms with Crippen molar-refractivity contribution >= 4 is 5.69 Å². The summed E-state index contributed by atoms with van der Waals surface area (Å²) in [5.41, 5.74) is 1.63. The van der Waals surface area contributed by atoms with Crippen molar-refractivity contribution in [3.05, 3.63) is 29.8 Å². The molecular formula is C15H20N2O. The molecule has 1 N–H and O–H groups in total. The molecule has 0 aromatic heterocycles. The molecule has 0 saturated heterocycles. The van der Waals surface area contributed by atoms with Crippen LogP contribution in [0.3, 0.4) is 0 Å². The highest BCUT2D eigenvalue weighted by Crippen LogP contribution is 2.33. The van der Waals surface area contributed by atoms with Crippen molar-refractivity contribution in [1.29, 1.82) is 5.26 Å². The van der Waals surface area contributed by atoms with E-state index in [2.05, 4.69) is 30.4 Å². The van der Waals surface area contributed by atoms with E-state index in [1.807, 2.05) is 12.1 Å². The van der Waals surface area contributed by atoms with Crippen molar-refractivity contribution in [2.75, 3.05) is 12.4 Å². The van der Waals surface area contributed by atoms with Crippen LogP contribution < -0.4 is 5.32 Å². The van der Waals surface area contributed by atoms with Crippen molar-refractivity contribution in [3.63, 3.8) is 0 Å². The van der Waals surface area contributed by atoms with E-state index in [0.29, 0.717) is 0 Å². The Kier molecular flexibility index (Phi) is 3.88. The van der Waals surface area contributed by atoms with Gasteiger partial charge >= 0.3 is 0 Å². The first-order chi connectivity index (χ1) is 8.70. The van der Waals surface area contributed by atoms with Crippen molar-refractivity contribution in [2.45, 2.75) is 44.2 Å². The lowest BCUT2D eigenvalue weighted by molar-refractivity contribution is 0.0370. The van der Waals surface area contributed by atoms with Gasteiger partial charge in [-0.2, -0.15) is 5.26 Å². The van der Waals surface area contributed by atoms with Gasteiger partial charge in [0.15, 0.2) is 5.54 Å². The molecule has 0 radical (unpaired) electrons. The van der Waals surface area contributed by atoms with Crippen LogP contribution in [0.15, 0.2) is 24.3 Å². The summed E-state index contributed by atoms with van der Waals surface area (Å²) in [5.74, 6) is 0. The molecule has 1 saturated carbocycles. The minimum atomic E-state index is -0.581. The Bertz CT molecular complexity index is 435. The maximum Gasteiger partial charge on any atom is 0.151 e. The second kappa shape index (κ2) is 5.41. The summed E-state index contributed by atoms with van der Waals surface area (Å²) < 4.78 is 5.51. The monoisotopic (exact) mass is 244 g/mol. The van der Waals surface area contributed by atoms with Gasteiger partial charge in [0.1, 0.15) is 0 Å². The first-order valence-corrected chi connectivity index (χ1v) is 6.49. The minimum Gasteiger partial charge on any atom is -0.378 e. The molecule has 0 amide bonds. The topological polar surface area (TPSA) is 45.0 Å². The molecule has 18 heavy (non-hydrogen) atoms. The standard InChI is InChI=1S/C15H20N2O/c1-12-6-8-13(9-7-12)17-15(11-16)10-4-3-5-14(15)18-2/h6-9,14,17H,3-5,10H2,1-2H3. The maximum atomic E-state index is 9.57. The van der Waals surface area contributed by atoms with E-state index in [1.54, 1.807) is 7.11 Å². The van der Waals surface area contributed by atoms with E-state index >= 15 is 0 Å². The number of hydrogen-bond acceptors (Lipinski definition) is 3. The molecule has 1 aliphatic rings. The molecule has 0 heterocycles. The van der Waals surface area contributed by atoms with Crippen LogP contribution in [-0.2, 0) is 4.74 Å². The van der Waals surface area contributed by atoms with E-state index in [0.717, 1.165) is 31.4 Å². The van der Waals surface area contributed by atoms with E-state index in [9.17, 15) is 5.26 Å². The van der Waals surface area contributed by atoms with E-state index in [1.165, 1.54) is 5.56 Å². The van der Waals surface area contributed by atoms with Crippen molar-refractivity contribution in [2.24, 2.45) is 0 Å². The second-order valence-electron chi connectivity index (χ2n) is 5.04. The summed E-state index contributed by atoms with van der Waals surface area (Å²) in [5, 5.41) is 13.0. The Morgan fingerprint density at radius 2 is 2.06 bits per heavy atom. The molecule has 1 fully saturated rings. The van der Waals surface area contributed by atoms with Crippen molar-refractivity contribution < 1.29 is 4.74 Å². The van der Waals surface area contributed by atoms with E-state index in [4.69, 9.17) is 4.74 Å². The maximum absolute atomic E-state index is 9.57. The van der Waals surface area contributed by atoms with Gasteiger partial charge in [-0.25, -0.2) is 0 Å². The molecule has 1 aromatic carbocycles. The molecule has 2 unspecified atom stereocenters. The predicted octanol–water partition coefficient (Wildman–Crippen LogP) is 3.26. The van der Waals surface area contributed by atoms with Crippen LogP contribution in [0.25, 0.3) is 0 Å². The van der Waals surface area contributed by atoms with Crippen LogP contribution in [0.5, 0.6) is 0 Å².